The summed E-state index contributed by atoms with van der Waals surface area (Å²) in [4.78, 5) is 26.8. The first-order valence-corrected chi connectivity index (χ1v) is 10.1. The topological polar surface area (TPSA) is 46.6 Å². The summed E-state index contributed by atoms with van der Waals surface area (Å²) in [5.74, 6) is 0.0155. The van der Waals surface area contributed by atoms with E-state index in [1.807, 2.05) is 43.3 Å². The van der Waals surface area contributed by atoms with Crippen molar-refractivity contribution < 1.29 is 14.3 Å². The molecule has 0 aliphatic carbocycles. The van der Waals surface area contributed by atoms with Crippen molar-refractivity contribution in [1.82, 2.24) is 4.90 Å². The van der Waals surface area contributed by atoms with Crippen molar-refractivity contribution in [1.29, 1.82) is 0 Å². The zero-order chi connectivity index (χ0) is 20.0. The van der Waals surface area contributed by atoms with Gasteiger partial charge in [-0.2, -0.15) is 0 Å². The second-order valence-corrected chi connectivity index (χ2v) is 7.70. The minimum absolute atomic E-state index is 0.0721. The summed E-state index contributed by atoms with van der Waals surface area (Å²) in [6, 6.07) is 18.0. The highest BCUT2D eigenvalue weighted by Gasteiger charge is 2.42. The van der Waals surface area contributed by atoms with E-state index in [4.69, 9.17) is 4.74 Å². The standard InChI is InChI=1S/C24H29NO3/c1-3-28-23(27)24(17-20-8-5-4-6-9-20)12-14-25(15-13-24)18-21-10-7-11-22(16-21)19(2)26/h4-11,16H,3,12-15,17-18H2,1-2H3. The molecule has 0 amide bonds. The Balaban J connectivity index is 1.69. The molecule has 0 radical (unpaired) electrons. The van der Waals surface area contributed by atoms with Gasteiger partial charge in [-0.1, -0.05) is 48.5 Å². The second-order valence-electron chi connectivity index (χ2n) is 7.70. The average molecular weight is 380 g/mol. The van der Waals surface area contributed by atoms with Crippen LogP contribution < -0.4 is 0 Å². The molecular formula is C24H29NO3. The molecule has 3 rings (SSSR count). The Morgan fingerprint density at radius 2 is 1.68 bits per heavy atom. The van der Waals surface area contributed by atoms with Crippen LogP contribution in [0.2, 0.25) is 0 Å². The summed E-state index contributed by atoms with van der Waals surface area (Å²) in [6.45, 7) is 6.36. The van der Waals surface area contributed by atoms with Gasteiger partial charge < -0.3 is 4.74 Å². The molecule has 2 aromatic carbocycles. The van der Waals surface area contributed by atoms with E-state index in [-0.39, 0.29) is 11.8 Å². The quantitative estimate of drug-likeness (QED) is 0.532. The van der Waals surface area contributed by atoms with Gasteiger partial charge in [-0.15, -0.1) is 0 Å². The van der Waals surface area contributed by atoms with Crippen LogP contribution in [0, 0.1) is 5.41 Å². The van der Waals surface area contributed by atoms with Crippen LogP contribution in [-0.4, -0.2) is 36.3 Å². The number of likely N-dealkylation sites (tertiary alicyclic amines) is 1. The first-order valence-electron chi connectivity index (χ1n) is 10.1. The van der Waals surface area contributed by atoms with Crippen LogP contribution in [0.25, 0.3) is 0 Å². The number of esters is 1. The van der Waals surface area contributed by atoms with Gasteiger partial charge in [0.05, 0.1) is 12.0 Å². The molecule has 1 aliphatic rings. The lowest BCUT2D eigenvalue weighted by Crippen LogP contribution is -2.46. The maximum Gasteiger partial charge on any atom is 0.312 e. The molecule has 0 unspecified atom stereocenters. The average Bonchev–Trinajstić information content (AvgIpc) is 2.71. The smallest absolute Gasteiger partial charge is 0.312 e. The molecule has 1 aliphatic heterocycles. The van der Waals surface area contributed by atoms with Crippen molar-refractivity contribution in [2.75, 3.05) is 19.7 Å². The Hall–Kier alpha value is -2.46. The molecule has 0 spiro atoms. The van der Waals surface area contributed by atoms with Crippen LogP contribution in [-0.2, 0) is 22.5 Å². The Morgan fingerprint density at radius 1 is 1.00 bits per heavy atom. The molecule has 148 valence electrons. The van der Waals surface area contributed by atoms with Gasteiger partial charge in [0, 0.05) is 12.1 Å². The summed E-state index contributed by atoms with van der Waals surface area (Å²) in [7, 11) is 0. The molecule has 1 saturated heterocycles. The maximum atomic E-state index is 12.8. The highest BCUT2D eigenvalue weighted by Crippen LogP contribution is 2.37. The van der Waals surface area contributed by atoms with Gasteiger partial charge in [-0.05, 0) is 63.4 Å². The molecule has 2 aromatic rings. The summed E-state index contributed by atoms with van der Waals surface area (Å²) in [5.41, 5.74) is 2.62. The molecule has 4 heteroatoms. The second kappa shape index (κ2) is 9.16. The first kappa shape index (κ1) is 20.3. The fourth-order valence-corrected chi connectivity index (χ4v) is 4.01. The van der Waals surface area contributed by atoms with Crippen molar-refractivity contribution in [3.8, 4) is 0 Å². The fraction of sp³-hybridized carbons (Fsp3) is 0.417. The van der Waals surface area contributed by atoms with Crippen LogP contribution >= 0.6 is 0 Å². The van der Waals surface area contributed by atoms with Crippen molar-refractivity contribution in [3.05, 3.63) is 71.3 Å². The van der Waals surface area contributed by atoms with Crippen molar-refractivity contribution >= 4 is 11.8 Å². The third-order valence-electron chi connectivity index (χ3n) is 5.65. The van der Waals surface area contributed by atoms with Crippen LogP contribution in [0.3, 0.4) is 0 Å². The van der Waals surface area contributed by atoms with Gasteiger partial charge in [0.15, 0.2) is 5.78 Å². The molecule has 1 fully saturated rings. The van der Waals surface area contributed by atoms with E-state index in [0.29, 0.717) is 6.61 Å². The lowest BCUT2D eigenvalue weighted by Gasteiger charge is -2.40. The van der Waals surface area contributed by atoms with Crippen molar-refractivity contribution in [2.24, 2.45) is 5.41 Å². The largest absolute Gasteiger partial charge is 0.466 e. The molecule has 0 aromatic heterocycles. The summed E-state index contributed by atoms with van der Waals surface area (Å²) >= 11 is 0. The summed E-state index contributed by atoms with van der Waals surface area (Å²) < 4.78 is 5.46. The van der Waals surface area contributed by atoms with E-state index in [9.17, 15) is 9.59 Å². The van der Waals surface area contributed by atoms with E-state index < -0.39 is 5.41 Å². The fourth-order valence-electron chi connectivity index (χ4n) is 4.01. The molecule has 0 bridgehead atoms. The van der Waals surface area contributed by atoms with Crippen molar-refractivity contribution in [2.45, 2.75) is 39.7 Å². The Bertz CT molecular complexity index is 808. The molecule has 0 atom stereocenters. The zero-order valence-electron chi connectivity index (χ0n) is 16.8. The Morgan fingerprint density at radius 3 is 2.32 bits per heavy atom. The number of rotatable bonds is 7. The number of hydrogen-bond acceptors (Lipinski definition) is 4. The number of carbonyl (C=O) groups is 2. The summed E-state index contributed by atoms with van der Waals surface area (Å²) in [5, 5.41) is 0. The number of nitrogens with zero attached hydrogens (tertiary/aromatic N) is 1. The molecular weight excluding hydrogens is 350 g/mol. The molecule has 1 heterocycles. The van der Waals surface area contributed by atoms with Gasteiger partial charge >= 0.3 is 5.97 Å². The monoisotopic (exact) mass is 379 g/mol. The normalized spacial score (nSPS) is 16.5. The Labute approximate surface area is 167 Å². The minimum Gasteiger partial charge on any atom is -0.466 e. The number of benzene rings is 2. The number of ether oxygens (including phenoxy) is 1. The lowest BCUT2D eigenvalue weighted by molar-refractivity contribution is -0.158. The van der Waals surface area contributed by atoms with Crippen LogP contribution in [0.5, 0.6) is 0 Å². The molecule has 4 nitrogen and oxygen atoms in total. The van der Waals surface area contributed by atoms with E-state index in [1.54, 1.807) is 6.92 Å². The van der Waals surface area contributed by atoms with E-state index >= 15 is 0 Å². The highest BCUT2D eigenvalue weighted by molar-refractivity contribution is 5.94. The number of Topliss-reactive ketones (excluding diaryl/α,β-unsaturated/α-hetero) is 1. The Kier molecular flexibility index (Phi) is 6.63. The van der Waals surface area contributed by atoms with E-state index in [1.165, 1.54) is 5.56 Å². The first-order chi connectivity index (χ1) is 13.5. The van der Waals surface area contributed by atoms with Crippen LogP contribution in [0.1, 0.15) is 48.2 Å². The van der Waals surface area contributed by atoms with E-state index in [0.717, 1.165) is 50.0 Å². The maximum absolute atomic E-state index is 12.8. The molecule has 0 N–H and O–H groups in total. The molecule has 0 saturated carbocycles. The number of ketones is 1. The highest BCUT2D eigenvalue weighted by atomic mass is 16.5. The third kappa shape index (κ3) is 4.87. The van der Waals surface area contributed by atoms with Gasteiger partial charge in [-0.25, -0.2) is 0 Å². The van der Waals surface area contributed by atoms with Gasteiger partial charge in [0.1, 0.15) is 0 Å². The zero-order valence-corrected chi connectivity index (χ0v) is 16.8. The number of carbonyl (C=O) groups excluding carboxylic acids is 2. The van der Waals surface area contributed by atoms with Crippen LogP contribution in [0.15, 0.2) is 54.6 Å². The van der Waals surface area contributed by atoms with E-state index in [2.05, 4.69) is 23.1 Å². The predicted molar refractivity (Wildman–Crippen MR) is 110 cm³/mol. The predicted octanol–water partition coefficient (Wildman–Crippen LogP) is 4.28. The van der Waals surface area contributed by atoms with Crippen LogP contribution in [0.4, 0.5) is 0 Å². The minimum atomic E-state index is -0.449. The van der Waals surface area contributed by atoms with Gasteiger partial charge in [-0.3, -0.25) is 14.5 Å². The number of hydrogen-bond donors (Lipinski definition) is 0. The third-order valence-corrected chi connectivity index (χ3v) is 5.65. The van der Waals surface area contributed by atoms with Crippen molar-refractivity contribution in [3.63, 3.8) is 0 Å². The van der Waals surface area contributed by atoms with Gasteiger partial charge in [0.25, 0.3) is 0 Å². The summed E-state index contributed by atoms with van der Waals surface area (Å²) in [6.07, 6.45) is 2.29. The molecule has 28 heavy (non-hydrogen) atoms. The lowest BCUT2D eigenvalue weighted by atomic mass is 9.73. The SMILES string of the molecule is CCOC(=O)C1(Cc2ccccc2)CCN(Cc2cccc(C(C)=O)c2)CC1. The van der Waals surface area contributed by atoms with Gasteiger partial charge in [0.2, 0.25) is 0 Å². The number of piperidine rings is 1.